The molecule has 0 radical (unpaired) electrons. The second-order valence-corrected chi connectivity index (χ2v) is 15.4. The van der Waals surface area contributed by atoms with Crippen molar-refractivity contribution in [2.45, 2.75) is 0 Å². The standard InChI is InChI=1S/C52H30S/c1-2-14-32-29-49-45(27-31(32)13-1)44-28-33(25-26-48(44)53-49)50-40-21-9-11-23-42(40)52(43-24-12-10-22-41(43)50)47-30-46-36-17-4-3-15-34(36)35-16-5-7-19-38(35)51(46)39-20-8-6-18-37(39)47/h1-30H. The molecule has 0 atom stereocenters. The molecule has 0 fully saturated rings. The third-order valence-electron chi connectivity index (χ3n) is 11.6. The summed E-state index contributed by atoms with van der Waals surface area (Å²) in [6, 6.07) is 68.1. The molecule has 0 amide bonds. The van der Waals surface area contributed by atoms with Gasteiger partial charge in [0.2, 0.25) is 0 Å². The van der Waals surface area contributed by atoms with Gasteiger partial charge in [-0.1, -0.05) is 152 Å². The summed E-state index contributed by atoms with van der Waals surface area (Å²) in [6.07, 6.45) is 0. The van der Waals surface area contributed by atoms with Crippen LogP contribution >= 0.6 is 11.3 Å². The molecule has 0 bridgehead atoms. The van der Waals surface area contributed by atoms with Crippen LogP contribution in [-0.2, 0) is 0 Å². The van der Waals surface area contributed by atoms with Crippen LogP contribution in [0.15, 0.2) is 182 Å². The van der Waals surface area contributed by atoms with Gasteiger partial charge in [0.15, 0.2) is 0 Å². The van der Waals surface area contributed by atoms with Crippen LogP contribution in [0.5, 0.6) is 0 Å². The summed E-state index contributed by atoms with van der Waals surface area (Å²) in [4.78, 5) is 0. The van der Waals surface area contributed by atoms with Crippen molar-refractivity contribution in [3.05, 3.63) is 182 Å². The fourth-order valence-corrected chi connectivity index (χ4v) is 10.4. The molecule has 1 heterocycles. The van der Waals surface area contributed by atoms with Crippen LogP contribution in [0.1, 0.15) is 0 Å². The lowest BCUT2D eigenvalue weighted by molar-refractivity contribution is 1.70. The first-order chi connectivity index (χ1) is 26.3. The SMILES string of the molecule is c1ccc2cc3c(cc2c1)sc1ccc(-c2c4ccccc4c(-c4cc5c6ccccc6c6ccccc6c5c5ccccc45)c4ccccc24)cc13. The lowest BCUT2D eigenvalue weighted by Gasteiger charge is -2.20. The van der Waals surface area contributed by atoms with Crippen LogP contribution in [0.25, 0.3) is 118 Å². The highest BCUT2D eigenvalue weighted by atomic mass is 32.1. The molecule has 244 valence electrons. The first-order valence-electron chi connectivity index (χ1n) is 18.3. The van der Waals surface area contributed by atoms with Gasteiger partial charge >= 0.3 is 0 Å². The molecule has 12 rings (SSSR count). The van der Waals surface area contributed by atoms with Crippen LogP contribution in [0, 0.1) is 0 Å². The lowest BCUT2D eigenvalue weighted by Crippen LogP contribution is -1.93. The zero-order chi connectivity index (χ0) is 34.6. The average Bonchev–Trinajstić information content (AvgIpc) is 3.58. The molecule has 0 aliphatic rings. The van der Waals surface area contributed by atoms with Gasteiger partial charge in [0.1, 0.15) is 0 Å². The topological polar surface area (TPSA) is 0 Å². The normalized spacial score (nSPS) is 12.2. The van der Waals surface area contributed by atoms with Crippen molar-refractivity contribution < 1.29 is 0 Å². The number of hydrogen-bond donors (Lipinski definition) is 0. The Hall–Kier alpha value is -6.54. The Balaban J connectivity index is 1.21. The molecule has 0 unspecified atom stereocenters. The lowest BCUT2D eigenvalue weighted by atomic mass is 9.82. The molecule has 53 heavy (non-hydrogen) atoms. The maximum Gasteiger partial charge on any atom is 0.0361 e. The van der Waals surface area contributed by atoms with E-state index in [0.29, 0.717) is 0 Å². The van der Waals surface area contributed by atoms with E-state index in [4.69, 9.17) is 0 Å². The molecule has 12 aromatic rings. The van der Waals surface area contributed by atoms with Gasteiger partial charge in [-0.15, -0.1) is 11.3 Å². The Kier molecular flexibility index (Phi) is 6.03. The Labute approximate surface area is 309 Å². The van der Waals surface area contributed by atoms with E-state index in [9.17, 15) is 0 Å². The smallest absolute Gasteiger partial charge is 0.0361 e. The second kappa shape index (κ2) is 11.0. The molecule has 0 N–H and O–H groups in total. The average molecular weight is 687 g/mol. The fourth-order valence-electron chi connectivity index (χ4n) is 9.32. The maximum atomic E-state index is 2.49. The van der Waals surface area contributed by atoms with Crippen LogP contribution in [-0.4, -0.2) is 0 Å². The van der Waals surface area contributed by atoms with E-state index in [0.717, 1.165) is 0 Å². The van der Waals surface area contributed by atoms with Crippen molar-refractivity contribution in [2.75, 3.05) is 0 Å². The first-order valence-corrected chi connectivity index (χ1v) is 19.2. The molecular weight excluding hydrogens is 657 g/mol. The van der Waals surface area contributed by atoms with Gasteiger partial charge in [0.05, 0.1) is 0 Å². The van der Waals surface area contributed by atoms with Crippen molar-refractivity contribution in [3.63, 3.8) is 0 Å². The van der Waals surface area contributed by atoms with Crippen molar-refractivity contribution in [1.82, 2.24) is 0 Å². The van der Waals surface area contributed by atoms with E-state index in [1.807, 2.05) is 11.3 Å². The summed E-state index contributed by atoms with van der Waals surface area (Å²) in [7, 11) is 0. The monoisotopic (exact) mass is 686 g/mol. The van der Waals surface area contributed by atoms with E-state index in [1.165, 1.54) is 118 Å². The third-order valence-corrected chi connectivity index (χ3v) is 12.7. The predicted molar refractivity (Wildman–Crippen MR) is 233 cm³/mol. The third kappa shape index (κ3) is 4.11. The highest BCUT2D eigenvalue weighted by Crippen LogP contribution is 2.49. The predicted octanol–water partition coefficient (Wildman–Crippen LogP) is 15.5. The largest absolute Gasteiger partial charge is 0.135 e. The number of fused-ring (bicyclic) bond motifs is 14. The number of thiophene rings is 1. The highest BCUT2D eigenvalue weighted by molar-refractivity contribution is 7.25. The van der Waals surface area contributed by atoms with E-state index in [2.05, 4.69) is 182 Å². The van der Waals surface area contributed by atoms with Crippen LogP contribution in [0.3, 0.4) is 0 Å². The molecule has 0 saturated carbocycles. The maximum absolute atomic E-state index is 2.49. The Bertz CT molecular complexity index is 3450. The van der Waals surface area contributed by atoms with E-state index < -0.39 is 0 Å². The van der Waals surface area contributed by atoms with Crippen LogP contribution in [0.4, 0.5) is 0 Å². The van der Waals surface area contributed by atoms with Gasteiger partial charge in [-0.3, -0.25) is 0 Å². The van der Waals surface area contributed by atoms with Crippen molar-refractivity contribution in [3.8, 4) is 22.3 Å². The summed E-state index contributed by atoms with van der Waals surface area (Å²) >= 11 is 1.89. The summed E-state index contributed by atoms with van der Waals surface area (Å²) < 4.78 is 2.66. The van der Waals surface area contributed by atoms with Crippen molar-refractivity contribution >= 4 is 107 Å². The van der Waals surface area contributed by atoms with Crippen molar-refractivity contribution in [2.24, 2.45) is 0 Å². The quantitative estimate of drug-likeness (QED) is 0.125. The van der Waals surface area contributed by atoms with Crippen molar-refractivity contribution in [1.29, 1.82) is 0 Å². The number of hydrogen-bond acceptors (Lipinski definition) is 1. The van der Waals surface area contributed by atoms with Crippen LogP contribution in [0.2, 0.25) is 0 Å². The Morgan fingerprint density at radius 1 is 0.264 bits per heavy atom. The molecular formula is C52H30S. The molecule has 1 aromatic heterocycles. The van der Waals surface area contributed by atoms with Gasteiger partial charge in [-0.05, 0) is 128 Å². The van der Waals surface area contributed by atoms with E-state index >= 15 is 0 Å². The summed E-state index contributed by atoms with van der Waals surface area (Å²) in [6.45, 7) is 0. The van der Waals surface area contributed by atoms with Gasteiger partial charge < -0.3 is 0 Å². The summed E-state index contributed by atoms with van der Waals surface area (Å²) in [5.74, 6) is 0. The molecule has 0 spiro atoms. The minimum Gasteiger partial charge on any atom is -0.135 e. The summed E-state index contributed by atoms with van der Waals surface area (Å²) in [5.41, 5.74) is 5.12. The van der Waals surface area contributed by atoms with Gasteiger partial charge in [-0.2, -0.15) is 0 Å². The number of benzene rings is 11. The molecule has 0 aliphatic heterocycles. The van der Waals surface area contributed by atoms with Gasteiger partial charge in [0, 0.05) is 20.2 Å². The van der Waals surface area contributed by atoms with Gasteiger partial charge in [0.25, 0.3) is 0 Å². The molecule has 1 heteroatoms. The fraction of sp³-hybridized carbons (Fsp3) is 0. The van der Waals surface area contributed by atoms with Crippen LogP contribution < -0.4 is 0 Å². The molecule has 0 aliphatic carbocycles. The highest BCUT2D eigenvalue weighted by Gasteiger charge is 2.21. The first kappa shape index (κ1) is 29.1. The Morgan fingerprint density at radius 3 is 1.36 bits per heavy atom. The van der Waals surface area contributed by atoms with E-state index in [-0.39, 0.29) is 0 Å². The van der Waals surface area contributed by atoms with E-state index in [1.54, 1.807) is 0 Å². The second-order valence-electron chi connectivity index (χ2n) is 14.3. The molecule has 0 saturated heterocycles. The molecule has 11 aromatic carbocycles. The van der Waals surface area contributed by atoms with Gasteiger partial charge in [-0.25, -0.2) is 0 Å². The minimum absolute atomic E-state index is 1.25. The zero-order valence-electron chi connectivity index (χ0n) is 28.7. The molecule has 0 nitrogen and oxygen atoms in total. The summed E-state index contributed by atoms with van der Waals surface area (Å²) in [5, 5.41) is 20.7. The minimum atomic E-state index is 1.25. The number of rotatable bonds is 2. The zero-order valence-corrected chi connectivity index (χ0v) is 29.5. The Morgan fingerprint density at radius 2 is 0.717 bits per heavy atom.